The normalized spacial score (nSPS) is 16.2. The Labute approximate surface area is 128 Å². The first-order valence-electron chi connectivity index (χ1n) is 5.63. The van der Waals surface area contributed by atoms with Crippen LogP contribution in [0.1, 0.15) is 12.5 Å². The van der Waals surface area contributed by atoms with Crippen molar-refractivity contribution in [2.75, 3.05) is 7.11 Å². The second-order valence-electron chi connectivity index (χ2n) is 3.91. The average Bonchev–Trinajstić information content (AvgIpc) is 2.69. The number of rotatable bonds is 2. The summed E-state index contributed by atoms with van der Waals surface area (Å²) in [5, 5.41) is 2.81. The smallest absolute Gasteiger partial charge is 0.286 e. The maximum absolute atomic E-state index is 11.7. The molecule has 0 bridgehead atoms. The number of halogens is 1. The minimum atomic E-state index is -0.356. The Morgan fingerprint density at radius 3 is 2.85 bits per heavy atom. The molecule has 0 spiro atoms. The van der Waals surface area contributed by atoms with E-state index in [0.717, 1.165) is 21.8 Å². The molecule has 5 nitrogen and oxygen atoms in total. The number of amides is 2. The number of thioether (sulfide) groups is 1. The number of aliphatic imine (C=N–C) groups is 1. The first-order valence-corrected chi connectivity index (χ1v) is 7.24. The van der Waals surface area contributed by atoms with Crippen LogP contribution in [0.3, 0.4) is 0 Å². The molecule has 1 aromatic carbocycles. The highest BCUT2D eigenvalue weighted by molar-refractivity contribution is 9.10. The van der Waals surface area contributed by atoms with Crippen molar-refractivity contribution >= 4 is 50.7 Å². The van der Waals surface area contributed by atoms with Gasteiger partial charge < -0.3 is 10.1 Å². The fourth-order valence-corrected chi connectivity index (χ4v) is 2.95. The number of carbonyl (C=O) groups excluding carboxylic acids is 2. The van der Waals surface area contributed by atoms with Crippen molar-refractivity contribution < 1.29 is 14.3 Å². The van der Waals surface area contributed by atoms with Crippen LogP contribution in [0.5, 0.6) is 5.75 Å². The lowest BCUT2D eigenvalue weighted by molar-refractivity contribution is -0.117. The molecule has 0 fully saturated rings. The van der Waals surface area contributed by atoms with Gasteiger partial charge in [-0.25, -0.2) is 0 Å². The summed E-state index contributed by atoms with van der Waals surface area (Å²) >= 11 is 4.53. The molecular weight excluding hydrogens is 344 g/mol. The van der Waals surface area contributed by atoms with Crippen LogP contribution >= 0.6 is 27.7 Å². The van der Waals surface area contributed by atoms with Crippen LogP contribution in [0.25, 0.3) is 6.08 Å². The number of benzene rings is 1. The largest absolute Gasteiger partial charge is 0.496 e. The standard InChI is InChI=1S/C13H11BrN2O3S/c1-7(17)15-13-16-12(18)11(20-13)6-8-3-4-10(19-2)9(14)5-8/h3-6H,1-2H3,(H,15,16,17,18). The summed E-state index contributed by atoms with van der Waals surface area (Å²) in [4.78, 5) is 26.9. The Bertz CT molecular complexity index is 641. The first kappa shape index (κ1) is 14.8. The summed E-state index contributed by atoms with van der Waals surface area (Å²) in [6.07, 6.45) is 1.72. The molecule has 7 heteroatoms. The fraction of sp³-hybridized carbons (Fsp3) is 0.154. The van der Waals surface area contributed by atoms with Gasteiger partial charge in [0.1, 0.15) is 5.75 Å². The second-order valence-corrected chi connectivity index (χ2v) is 5.79. The van der Waals surface area contributed by atoms with E-state index < -0.39 is 0 Å². The van der Waals surface area contributed by atoms with Crippen LogP contribution in [-0.2, 0) is 9.59 Å². The van der Waals surface area contributed by atoms with Crippen LogP contribution in [0.4, 0.5) is 0 Å². The number of hydrogen-bond acceptors (Lipinski definition) is 4. The van der Waals surface area contributed by atoms with Crippen molar-refractivity contribution in [3.8, 4) is 5.75 Å². The van der Waals surface area contributed by atoms with E-state index in [1.165, 1.54) is 6.92 Å². The Morgan fingerprint density at radius 2 is 2.25 bits per heavy atom. The molecule has 2 rings (SSSR count). The lowest BCUT2D eigenvalue weighted by Gasteiger charge is -2.04. The van der Waals surface area contributed by atoms with Gasteiger partial charge in [0.2, 0.25) is 5.91 Å². The molecule has 0 radical (unpaired) electrons. The number of amidine groups is 1. The molecule has 0 saturated carbocycles. The van der Waals surface area contributed by atoms with E-state index in [1.807, 2.05) is 12.1 Å². The van der Waals surface area contributed by atoms with Gasteiger partial charge in [-0.15, -0.1) is 0 Å². The lowest BCUT2D eigenvalue weighted by atomic mass is 10.2. The minimum Gasteiger partial charge on any atom is -0.496 e. The van der Waals surface area contributed by atoms with Gasteiger partial charge in [-0.3, -0.25) is 9.59 Å². The molecule has 20 heavy (non-hydrogen) atoms. The molecular formula is C13H11BrN2O3S. The summed E-state index contributed by atoms with van der Waals surface area (Å²) in [7, 11) is 1.59. The van der Waals surface area contributed by atoms with Crippen LogP contribution < -0.4 is 10.1 Å². The summed E-state index contributed by atoms with van der Waals surface area (Å²) in [6.45, 7) is 1.37. The van der Waals surface area contributed by atoms with Crippen molar-refractivity contribution in [2.45, 2.75) is 6.92 Å². The van der Waals surface area contributed by atoms with Crippen LogP contribution in [-0.4, -0.2) is 24.1 Å². The number of methoxy groups -OCH3 is 1. The molecule has 0 atom stereocenters. The Kier molecular flexibility index (Phi) is 4.61. The van der Waals surface area contributed by atoms with Gasteiger partial charge in [-0.05, 0) is 51.5 Å². The predicted octanol–water partition coefficient (Wildman–Crippen LogP) is 2.56. The molecule has 104 valence electrons. The van der Waals surface area contributed by atoms with E-state index in [0.29, 0.717) is 15.8 Å². The van der Waals surface area contributed by atoms with Gasteiger partial charge in [0.15, 0.2) is 5.17 Å². The third kappa shape index (κ3) is 3.49. The topological polar surface area (TPSA) is 67.8 Å². The monoisotopic (exact) mass is 354 g/mol. The van der Waals surface area contributed by atoms with E-state index in [4.69, 9.17) is 4.74 Å². The first-order chi connectivity index (χ1) is 9.49. The Morgan fingerprint density at radius 1 is 1.50 bits per heavy atom. The molecule has 0 aliphatic carbocycles. The summed E-state index contributed by atoms with van der Waals surface area (Å²) in [5.74, 6) is 0.107. The highest BCUT2D eigenvalue weighted by Crippen LogP contribution is 2.30. The van der Waals surface area contributed by atoms with Crippen molar-refractivity contribution in [2.24, 2.45) is 4.99 Å². The van der Waals surface area contributed by atoms with E-state index in [2.05, 4.69) is 26.2 Å². The molecule has 1 heterocycles. The molecule has 0 unspecified atom stereocenters. The quantitative estimate of drug-likeness (QED) is 0.828. The van der Waals surface area contributed by atoms with Gasteiger partial charge in [-0.1, -0.05) is 6.07 Å². The average molecular weight is 355 g/mol. The van der Waals surface area contributed by atoms with E-state index >= 15 is 0 Å². The molecule has 1 aliphatic heterocycles. The number of ether oxygens (including phenoxy) is 1. The van der Waals surface area contributed by atoms with Gasteiger partial charge in [-0.2, -0.15) is 4.99 Å². The van der Waals surface area contributed by atoms with Gasteiger partial charge in [0, 0.05) is 6.92 Å². The van der Waals surface area contributed by atoms with Crippen molar-refractivity contribution in [1.82, 2.24) is 5.32 Å². The van der Waals surface area contributed by atoms with Gasteiger partial charge in [0.25, 0.3) is 5.91 Å². The minimum absolute atomic E-state index is 0.252. The molecule has 1 N–H and O–H groups in total. The van der Waals surface area contributed by atoms with Crippen molar-refractivity contribution in [3.63, 3.8) is 0 Å². The third-order valence-electron chi connectivity index (χ3n) is 2.38. The van der Waals surface area contributed by atoms with E-state index in [1.54, 1.807) is 19.3 Å². The summed E-state index contributed by atoms with van der Waals surface area (Å²) < 4.78 is 5.94. The molecule has 0 aromatic heterocycles. The van der Waals surface area contributed by atoms with E-state index in [-0.39, 0.29) is 11.8 Å². The fourth-order valence-electron chi connectivity index (χ4n) is 1.54. The zero-order valence-electron chi connectivity index (χ0n) is 10.8. The number of nitrogens with one attached hydrogen (secondary N) is 1. The van der Waals surface area contributed by atoms with Crippen LogP contribution in [0, 0.1) is 0 Å². The van der Waals surface area contributed by atoms with Crippen molar-refractivity contribution in [1.29, 1.82) is 0 Å². The number of hydrogen-bond donors (Lipinski definition) is 1. The van der Waals surface area contributed by atoms with E-state index in [9.17, 15) is 9.59 Å². The zero-order valence-corrected chi connectivity index (χ0v) is 13.2. The van der Waals surface area contributed by atoms with Gasteiger partial charge in [0.05, 0.1) is 16.5 Å². The van der Waals surface area contributed by atoms with Gasteiger partial charge >= 0.3 is 0 Å². The summed E-state index contributed by atoms with van der Waals surface area (Å²) in [6, 6.07) is 5.48. The predicted molar refractivity (Wildman–Crippen MR) is 82.5 cm³/mol. The lowest BCUT2D eigenvalue weighted by Crippen LogP contribution is -2.23. The Balaban J connectivity index is 2.19. The molecule has 2 amide bonds. The summed E-state index contributed by atoms with van der Waals surface area (Å²) in [5.41, 5.74) is 0.841. The van der Waals surface area contributed by atoms with Crippen LogP contribution in [0.2, 0.25) is 0 Å². The second kappa shape index (κ2) is 6.23. The van der Waals surface area contributed by atoms with Crippen molar-refractivity contribution in [3.05, 3.63) is 33.1 Å². The SMILES string of the molecule is COc1ccc(C=C2SC(NC(C)=O)=NC2=O)cc1Br. The van der Waals surface area contributed by atoms with Crippen LogP contribution in [0.15, 0.2) is 32.6 Å². The maximum Gasteiger partial charge on any atom is 0.286 e. The molecule has 1 aromatic rings. The molecule has 0 saturated heterocycles. The highest BCUT2D eigenvalue weighted by atomic mass is 79.9. The maximum atomic E-state index is 11.7. The molecule has 1 aliphatic rings. The highest BCUT2D eigenvalue weighted by Gasteiger charge is 2.22. The number of carbonyl (C=O) groups is 2. The number of nitrogens with zero attached hydrogens (tertiary/aromatic N) is 1. The zero-order chi connectivity index (χ0) is 14.7. The third-order valence-corrected chi connectivity index (χ3v) is 3.90. The Hall–Kier alpha value is -1.60.